The Hall–Kier alpha value is -3.32. The van der Waals surface area contributed by atoms with Crippen LogP contribution >= 0.6 is 11.6 Å². The molecule has 0 aliphatic heterocycles. The lowest BCUT2D eigenvalue weighted by Crippen LogP contribution is -2.16. The molecule has 2 aromatic carbocycles. The number of nitrogens with one attached hydrogen (secondary N) is 1. The summed E-state index contributed by atoms with van der Waals surface area (Å²) in [6, 6.07) is 13.8. The predicted octanol–water partition coefficient (Wildman–Crippen LogP) is 3.14. The van der Waals surface area contributed by atoms with E-state index in [1.807, 2.05) is 19.1 Å². The number of carbonyl (C=O) groups is 2. The molecule has 138 valence electrons. The molecular formula is C19H17ClN4O3. The normalized spacial score (nSPS) is 10.6. The molecule has 1 heterocycles. The second-order valence-corrected chi connectivity index (χ2v) is 6.38. The zero-order valence-corrected chi connectivity index (χ0v) is 15.2. The van der Waals surface area contributed by atoms with Crippen LogP contribution in [-0.4, -0.2) is 33.2 Å². The number of anilines is 2. The topological polar surface area (TPSA) is 110 Å². The number of hydrogen-bond acceptors (Lipinski definition) is 5. The van der Waals surface area contributed by atoms with Crippen molar-refractivity contribution in [3.63, 3.8) is 0 Å². The summed E-state index contributed by atoms with van der Waals surface area (Å²) in [5.74, 6) is -1.18. The van der Waals surface area contributed by atoms with Crippen molar-refractivity contribution in [2.75, 3.05) is 17.6 Å². The number of nitrogen functional groups attached to an aromatic ring is 1. The van der Waals surface area contributed by atoms with Gasteiger partial charge in [-0.25, -0.2) is 4.68 Å². The first kappa shape index (κ1) is 18.5. The molecule has 0 amide bonds. The number of carboxylic acids is 1. The summed E-state index contributed by atoms with van der Waals surface area (Å²) >= 11 is 5.92. The van der Waals surface area contributed by atoms with Crippen molar-refractivity contribution < 1.29 is 14.7 Å². The minimum absolute atomic E-state index is 0.0432. The summed E-state index contributed by atoms with van der Waals surface area (Å²) in [5, 5.41) is 16.6. The molecule has 0 saturated heterocycles. The maximum Gasteiger partial charge on any atom is 0.322 e. The molecule has 0 saturated carbocycles. The number of nitrogens with two attached hydrogens (primary N) is 1. The van der Waals surface area contributed by atoms with E-state index in [4.69, 9.17) is 22.4 Å². The minimum Gasteiger partial charge on any atom is -0.480 e. The monoisotopic (exact) mass is 384 g/mol. The van der Waals surface area contributed by atoms with Gasteiger partial charge in [0.25, 0.3) is 0 Å². The number of hydrogen-bond donors (Lipinski definition) is 3. The van der Waals surface area contributed by atoms with Crippen LogP contribution < -0.4 is 11.1 Å². The fourth-order valence-corrected chi connectivity index (χ4v) is 2.66. The van der Waals surface area contributed by atoms with Crippen molar-refractivity contribution in [1.82, 2.24) is 9.78 Å². The molecule has 0 fully saturated rings. The number of carbonyl (C=O) groups excluding carboxylic acids is 1. The number of ketones is 1. The van der Waals surface area contributed by atoms with Crippen LogP contribution in [0.25, 0.3) is 5.69 Å². The lowest BCUT2D eigenvalue weighted by Gasteiger charge is -2.09. The summed E-state index contributed by atoms with van der Waals surface area (Å²) in [4.78, 5) is 23.8. The number of halogens is 1. The highest BCUT2D eigenvalue weighted by Crippen LogP contribution is 2.28. The average molecular weight is 385 g/mol. The van der Waals surface area contributed by atoms with Gasteiger partial charge in [0.15, 0.2) is 11.5 Å². The Kier molecular flexibility index (Phi) is 5.14. The van der Waals surface area contributed by atoms with E-state index in [0.717, 1.165) is 5.56 Å². The van der Waals surface area contributed by atoms with Gasteiger partial charge in [0.2, 0.25) is 5.78 Å². The molecular weight excluding hydrogens is 368 g/mol. The van der Waals surface area contributed by atoms with Crippen LogP contribution in [0, 0.1) is 6.92 Å². The summed E-state index contributed by atoms with van der Waals surface area (Å²) in [7, 11) is 0. The highest BCUT2D eigenvalue weighted by Gasteiger charge is 2.23. The number of aryl methyl sites for hydroxylation is 1. The molecule has 0 aliphatic rings. The van der Waals surface area contributed by atoms with Crippen LogP contribution in [0.15, 0.2) is 48.5 Å². The van der Waals surface area contributed by atoms with Gasteiger partial charge in [-0.3, -0.25) is 9.59 Å². The van der Waals surface area contributed by atoms with E-state index in [1.54, 1.807) is 36.4 Å². The molecule has 4 N–H and O–H groups in total. The second kappa shape index (κ2) is 7.51. The fraction of sp³-hybridized carbons (Fsp3) is 0.105. The fourth-order valence-electron chi connectivity index (χ4n) is 2.54. The number of carboxylic acid groups (broad SMARTS) is 1. The van der Waals surface area contributed by atoms with Gasteiger partial charge in [0.05, 0.1) is 5.69 Å². The molecule has 0 bridgehead atoms. The first-order valence-corrected chi connectivity index (χ1v) is 8.46. The molecule has 3 aromatic rings. The smallest absolute Gasteiger partial charge is 0.322 e. The number of aliphatic carboxylic acids is 1. The molecule has 8 heteroatoms. The number of nitrogens with zero attached hydrogens (tertiary/aromatic N) is 2. The van der Waals surface area contributed by atoms with Crippen molar-refractivity contribution in [3.8, 4) is 5.69 Å². The molecule has 0 radical (unpaired) electrons. The van der Waals surface area contributed by atoms with E-state index in [2.05, 4.69) is 10.4 Å². The van der Waals surface area contributed by atoms with E-state index in [1.165, 1.54) is 4.68 Å². The van der Waals surface area contributed by atoms with Crippen LogP contribution in [-0.2, 0) is 4.79 Å². The molecule has 7 nitrogen and oxygen atoms in total. The number of aromatic nitrogens is 2. The summed E-state index contributed by atoms with van der Waals surface area (Å²) in [5.41, 5.74) is 8.31. The summed E-state index contributed by atoms with van der Waals surface area (Å²) in [6.45, 7) is 1.55. The standard InChI is InChI=1S/C19H17ClN4O3/c1-11-2-4-12(5-3-11)18(27)17-16(21)19(22-10-15(25)26)24(23-17)14-8-6-13(20)7-9-14/h2-9,22H,10,21H2,1H3,(H,25,26). The molecule has 0 atom stereocenters. The zero-order chi connectivity index (χ0) is 19.6. The Labute approximate surface area is 160 Å². The highest BCUT2D eigenvalue weighted by atomic mass is 35.5. The second-order valence-electron chi connectivity index (χ2n) is 5.94. The van der Waals surface area contributed by atoms with Gasteiger partial charge in [0, 0.05) is 10.6 Å². The Bertz CT molecular complexity index is 995. The molecule has 0 aliphatic carbocycles. The summed E-state index contributed by atoms with van der Waals surface area (Å²) < 4.78 is 1.40. The number of benzene rings is 2. The van der Waals surface area contributed by atoms with Crippen LogP contribution in [0.3, 0.4) is 0 Å². The molecule has 0 spiro atoms. The minimum atomic E-state index is -1.07. The van der Waals surface area contributed by atoms with Crippen molar-refractivity contribution in [2.45, 2.75) is 6.92 Å². The first-order chi connectivity index (χ1) is 12.9. The highest BCUT2D eigenvalue weighted by molar-refractivity contribution is 6.30. The maximum atomic E-state index is 12.8. The van der Waals surface area contributed by atoms with Gasteiger partial charge in [-0.1, -0.05) is 41.4 Å². The SMILES string of the molecule is Cc1ccc(C(=O)c2nn(-c3ccc(Cl)cc3)c(NCC(=O)O)c2N)cc1. The maximum absolute atomic E-state index is 12.8. The third-order valence-corrected chi connectivity index (χ3v) is 4.18. The Balaban J connectivity index is 2.08. The largest absolute Gasteiger partial charge is 0.480 e. The van der Waals surface area contributed by atoms with E-state index < -0.39 is 5.97 Å². The van der Waals surface area contributed by atoms with Crippen LogP contribution in [0.2, 0.25) is 5.02 Å². The molecule has 3 rings (SSSR count). The van der Waals surface area contributed by atoms with Crippen molar-refractivity contribution in [1.29, 1.82) is 0 Å². The first-order valence-electron chi connectivity index (χ1n) is 8.08. The lowest BCUT2D eigenvalue weighted by molar-refractivity contribution is -0.134. The quantitative estimate of drug-likeness (QED) is 0.563. The zero-order valence-electron chi connectivity index (χ0n) is 14.4. The van der Waals surface area contributed by atoms with Crippen LogP contribution in [0.1, 0.15) is 21.6 Å². The van der Waals surface area contributed by atoms with Gasteiger partial charge in [-0.15, -0.1) is 0 Å². The van der Waals surface area contributed by atoms with Crippen molar-refractivity contribution in [2.24, 2.45) is 0 Å². The molecule has 27 heavy (non-hydrogen) atoms. The van der Waals surface area contributed by atoms with Gasteiger partial charge < -0.3 is 16.2 Å². The van der Waals surface area contributed by atoms with Crippen molar-refractivity contribution in [3.05, 3.63) is 70.4 Å². The van der Waals surface area contributed by atoms with Gasteiger partial charge in [0.1, 0.15) is 12.2 Å². The average Bonchev–Trinajstić information content (AvgIpc) is 2.97. The van der Waals surface area contributed by atoms with Crippen LogP contribution in [0.5, 0.6) is 0 Å². The number of rotatable bonds is 6. The third-order valence-electron chi connectivity index (χ3n) is 3.93. The van der Waals surface area contributed by atoms with E-state index in [9.17, 15) is 9.59 Å². The Morgan fingerprint density at radius 2 is 1.78 bits per heavy atom. The Morgan fingerprint density at radius 3 is 2.37 bits per heavy atom. The molecule has 1 aromatic heterocycles. The van der Waals surface area contributed by atoms with Gasteiger partial charge in [-0.05, 0) is 31.2 Å². The Morgan fingerprint density at radius 1 is 1.15 bits per heavy atom. The van der Waals surface area contributed by atoms with Crippen molar-refractivity contribution >= 4 is 34.9 Å². The predicted molar refractivity (Wildman–Crippen MR) is 104 cm³/mol. The van der Waals surface area contributed by atoms with E-state index in [-0.39, 0.29) is 29.5 Å². The molecule has 0 unspecified atom stereocenters. The van der Waals surface area contributed by atoms with Gasteiger partial charge >= 0.3 is 5.97 Å². The lowest BCUT2D eigenvalue weighted by atomic mass is 10.1. The van der Waals surface area contributed by atoms with Gasteiger partial charge in [-0.2, -0.15) is 5.10 Å². The van der Waals surface area contributed by atoms with E-state index in [0.29, 0.717) is 16.3 Å². The summed E-state index contributed by atoms with van der Waals surface area (Å²) in [6.07, 6.45) is 0. The van der Waals surface area contributed by atoms with Crippen LogP contribution in [0.4, 0.5) is 11.5 Å². The van der Waals surface area contributed by atoms with E-state index >= 15 is 0 Å². The third kappa shape index (κ3) is 3.93.